The van der Waals surface area contributed by atoms with Crippen LogP contribution in [0.25, 0.3) is 0 Å². The number of hydrogen-bond donors (Lipinski definition) is 1. The van der Waals surface area contributed by atoms with Gasteiger partial charge in [0.05, 0.1) is 6.10 Å². The summed E-state index contributed by atoms with van der Waals surface area (Å²) in [5, 5.41) is 9.75. The summed E-state index contributed by atoms with van der Waals surface area (Å²) >= 11 is 0. The fourth-order valence-electron chi connectivity index (χ4n) is 1.48. The number of aliphatic hydroxyl groups excluding tert-OH is 1. The average Bonchev–Trinajstić information content (AvgIpc) is 2.04. The Bertz CT molecular complexity index is 283. The molecule has 1 atom stereocenters. The number of hydrogen-bond acceptors (Lipinski definition) is 2. The molecular formula is C11H17NO. The lowest BCUT2D eigenvalue weighted by Gasteiger charge is -2.12. The Labute approximate surface area is 79.6 Å². The lowest BCUT2D eigenvalue weighted by Crippen LogP contribution is -2.01. The van der Waals surface area contributed by atoms with Crippen LogP contribution in [-0.2, 0) is 0 Å². The topological polar surface area (TPSA) is 33.1 Å². The van der Waals surface area contributed by atoms with Crippen LogP contribution in [0.3, 0.4) is 0 Å². The molecule has 1 heterocycles. The average molecular weight is 179 g/mol. The van der Waals surface area contributed by atoms with E-state index in [0.717, 1.165) is 29.8 Å². The highest BCUT2D eigenvalue weighted by molar-refractivity contribution is 5.23. The highest BCUT2D eigenvalue weighted by Gasteiger charge is 2.09. The molecule has 0 bridgehead atoms. The van der Waals surface area contributed by atoms with Crippen LogP contribution in [0.5, 0.6) is 0 Å². The van der Waals surface area contributed by atoms with Crippen molar-refractivity contribution in [1.29, 1.82) is 0 Å². The van der Waals surface area contributed by atoms with Crippen LogP contribution >= 0.6 is 0 Å². The van der Waals surface area contributed by atoms with Crippen LogP contribution in [0.4, 0.5) is 0 Å². The summed E-state index contributed by atoms with van der Waals surface area (Å²) in [5.74, 6) is 0. The Balaban J connectivity index is 2.88. The summed E-state index contributed by atoms with van der Waals surface area (Å²) < 4.78 is 0. The molecule has 1 aromatic rings. The van der Waals surface area contributed by atoms with Gasteiger partial charge in [0.2, 0.25) is 0 Å². The molecule has 0 amide bonds. The van der Waals surface area contributed by atoms with Crippen molar-refractivity contribution in [2.75, 3.05) is 0 Å². The quantitative estimate of drug-likeness (QED) is 0.773. The first-order valence-corrected chi connectivity index (χ1v) is 4.77. The Morgan fingerprint density at radius 1 is 1.38 bits per heavy atom. The third-order valence-electron chi connectivity index (χ3n) is 2.19. The molecule has 0 fully saturated rings. The van der Waals surface area contributed by atoms with Crippen LogP contribution in [-0.4, -0.2) is 10.1 Å². The van der Waals surface area contributed by atoms with Gasteiger partial charge in [-0.15, -0.1) is 0 Å². The second-order valence-electron chi connectivity index (χ2n) is 3.43. The van der Waals surface area contributed by atoms with Gasteiger partial charge in [-0.3, -0.25) is 4.98 Å². The molecule has 0 radical (unpaired) electrons. The van der Waals surface area contributed by atoms with Gasteiger partial charge < -0.3 is 5.11 Å². The van der Waals surface area contributed by atoms with Crippen LogP contribution in [0.1, 0.15) is 42.8 Å². The lowest BCUT2D eigenvalue weighted by atomic mass is 10.0. The lowest BCUT2D eigenvalue weighted by molar-refractivity contribution is 0.165. The molecule has 2 heteroatoms. The molecule has 0 aliphatic rings. The zero-order valence-corrected chi connectivity index (χ0v) is 8.54. The van der Waals surface area contributed by atoms with E-state index in [2.05, 4.69) is 11.9 Å². The van der Waals surface area contributed by atoms with E-state index in [4.69, 9.17) is 0 Å². The fraction of sp³-hybridized carbons (Fsp3) is 0.545. The summed E-state index contributed by atoms with van der Waals surface area (Å²) in [4.78, 5) is 4.32. The molecule has 0 saturated carbocycles. The van der Waals surface area contributed by atoms with Crippen molar-refractivity contribution >= 4 is 0 Å². The molecule has 2 nitrogen and oxygen atoms in total. The first-order chi connectivity index (χ1) is 6.15. The highest BCUT2D eigenvalue weighted by Crippen LogP contribution is 2.20. The molecular weight excluding hydrogens is 162 g/mol. The van der Waals surface area contributed by atoms with Crippen molar-refractivity contribution in [1.82, 2.24) is 4.98 Å². The van der Waals surface area contributed by atoms with E-state index < -0.39 is 0 Å². The van der Waals surface area contributed by atoms with Crippen LogP contribution in [0, 0.1) is 13.8 Å². The Kier molecular flexibility index (Phi) is 3.43. The van der Waals surface area contributed by atoms with Crippen LogP contribution in [0.2, 0.25) is 0 Å². The van der Waals surface area contributed by atoms with Crippen molar-refractivity contribution < 1.29 is 5.11 Å². The highest BCUT2D eigenvalue weighted by atomic mass is 16.3. The monoisotopic (exact) mass is 179 g/mol. The minimum absolute atomic E-state index is 0.349. The zero-order chi connectivity index (χ0) is 9.84. The number of rotatable bonds is 3. The molecule has 0 aromatic carbocycles. The predicted octanol–water partition coefficient (Wildman–Crippen LogP) is 2.53. The molecule has 13 heavy (non-hydrogen) atoms. The van der Waals surface area contributed by atoms with Crippen molar-refractivity contribution in [3.05, 3.63) is 29.1 Å². The Morgan fingerprint density at radius 2 is 2.08 bits per heavy atom. The van der Waals surface area contributed by atoms with Crippen LogP contribution < -0.4 is 0 Å². The van der Waals surface area contributed by atoms with Gasteiger partial charge in [0.25, 0.3) is 0 Å². The van der Waals surface area contributed by atoms with E-state index in [1.165, 1.54) is 0 Å². The predicted molar refractivity (Wildman–Crippen MR) is 53.6 cm³/mol. The number of nitrogens with zero attached hydrogens (tertiary/aromatic N) is 1. The van der Waals surface area contributed by atoms with E-state index >= 15 is 0 Å². The minimum atomic E-state index is -0.349. The van der Waals surface area contributed by atoms with Crippen molar-refractivity contribution in [3.63, 3.8) is 0 Å². The van der Waals surface area contributed by atoms with Gasteiger partial charge in [-0.05, 0) is 26.3 Å². The molecule has 0 aliphatic carbocycles. The summed E-state index contributed by atoms with van der Waals surface area (Å²) in [6.07, 6.45) is 1.46. The number of aliphatic hydroxyl groups is 1. The van der Waals surface area contributed by atoms with Crippen molar-refractivity contribution in [2.24, 2.45) is 0 Å². The van der Waals surface area contributed by atoms with Gasteiger partial charge in [0.15, 0.2) is 0 Å². The normalized spacial score (nSPS) is 12.9. The summed E-state index contributed by atoms with van der Waals surface area (Å²) in [6.45, 7) is 5.98. The van der Waals surface area contributed by atoms with Crippen LogP contribution in [0.15, 0.2) is 12.1 Å². The number of aryl methyl sites for hydroxylation is 2. The van der Waals surface area contributed by atoms with E-state index in [1.807, 2.05) is 26.0 Å². The first kappa shape index (κ1) is 10.2. The molecule has 1 rings (SSSR count). The molecule has 1 aromatic heterocycles. The molecule has 0 aliphatic heterocycles. The second kappa shape index (κ2) is 4.38. The van der Waals surface area contributed by atoms with Gasteiger partial charge in [-0.1, -0.05) is 19.4 Å². The first-order valence-electron chi connectivity index (χ1n) is 4.77. The maximum absolute atomic E-state index is 9.75. The fourth-order valence-corrected chi connectivity index (χ4v) is 1.48. The van der Waals surface area contributed by atoms with Gasteiger partial charge in [0.1, 0.15) is 0 Å². The van der Waals surface area contributed by atoms with Gasteiger partial charge in [-0.2, -0.15) is 0 Å². The third kappa shape index (κ3) is 2.52. The van der Waals surface area contributed by atoms with Crippen molar-refractivity contribution in [2.45, 2.75) is 39.7 Å². The van der Waals surface area contributed by atoms with E-state index in [1.54, 1.807) is 0 Å². The van der Waals surface area contributed by atoms with E-state index in [-0.39, 0.29) is 6.10 Å². The van der Waals surface area contributed by atoms with E-state index in [0.29, 0.717) is 0 Å². The Morgan fingerprint density at radius 3 is 2.62 bits per heavy atom. The molecule has 0 saturated heterocycles. The standard InChI is InChI=1S/C11H17NO/c1-4-5-11(13)10-7-6-8(2)12-9(10)3/h6-7,11,13H,4-5H2,1-3H3. The summed E-state index contributed by atoms with van der Waals surface area (Å²) in [5.41, 5.74) is 2.92. The largest absolute Gasteiger partial charge is 0.388 e. The van der Waals surface area contributed by atoms with E-state index in [9.17, 15) is 5.11 Å². The van der Waals surface area contributed by atoms with Gasteiger partial charge in [0, 0.05) is 17.0 Å². The summed E-state index contributed by atoms with van der Waals surface area (Å²) in [7, 11) is 0. The molecule has 1 N–H and O–H groups in total. The number of aromatic nitrogens is 1. The Hall–Kier alpha value is -0.890. The molecule has 0 spiro atoms. The third-order valence-corrected chi connectivity index (χ3v) is 2.19. The smallest absolute Gasteiger partial charge is 0.0807 e. The molecule has 1 unspecified atom stereocenters. The zero-order valence-electron chi connectivity index (χ0n) is 8.54. The molecule has 72 valence electrons. The SMILES string of the molecule is CCCC(O)c1ccc(C)nc1C. The van der Waals surface area contributed by atoms with Gasteiger partial charge in [-0.25, -0.2) is 0 Å². The number of pyridine rings is 1. The van der Waals surface area contributed by atoms with Crippen molar-refractivity contribution in [3.8, 4) is 0 Å². The van der Waals surface area contributed by atoms with Gasteiger partial charge >= 0.3 is 0 Å². The maximum Gasteiger partial charge on any atom is 0.0807 e. The minimum Gasteiger partial charge on any atom is -0.388 e. The second-order valence-corrected chi connectivity index (χ2v) is 3.43. The maximum atomic E-state index is 9.75. The summed E-state index contributed by atoms with van der Waals surface area (Å²) in [6, 6.07) is 3.92.